The highest BCUT2D eigenvalue weighted by atomic mass is 16.2. The molecule has 0 saturated heterocycles. The van der Waals surface area contributed by atoms with Gasteiger partial charge in [-0.2, -0.15) is 0 Å². The Morgan fingerprint density at radius 1 is 0.923 bits per heavy atom. The summed E-state index contributed by atoms with van der Waals surface area (Å²) < 4.78 is 0. The Bertz CT molecular complexity index is 875. The van der Waals surface area contributed by atoms with E-state index in [1.165, 1.54) is 6.07 Å². The first-order valence-corrected chi connectivity index (χ1v) is 7.88. The van der Waals surface area contributed by atoms with Gasteiger partial charge in [-0.1, -0.05) is 24.3 Å². The van der Waals surface area contributed by atoms with Gasteiger partial charge in [-0.05, 0) is 24.3 Å². The van der Waals surface area contributed by atoms with Crippen LogP contribution in [0.15, 0.2) is 48.5 Å². The topological polar surface area (TPSA) is 122 Å². The third-order valence-corrected chi connectivity index (χ3v) is 3.93. The lowest BCUT2D eigenvalue weighted by Gasteiger charge is -2.14. The molecular formula is C18H16N4O4. The largest absolute Gasteiger partial charge is 0.398 e. The summed E-state index contributed by atoms with van der Waals surface area (Å²) in [5, 5.41) is 4.58. The zero-order chi connectivity index (χ0) is 18.7. The molecule has 0 radical (unpaired) electrons. The predicted molar refractivity (Wildman–Crippen MR) is 93.5 cm³/mol. The van der Waals surface area contributed by atoms with E-state index in [-0.39, 0.29) is 24.3 Å². The quantitative estimate of drug-likeness (QED) is 0.560. The van der Waals surface area contributed by atoms with E-state index >= 15 is 0 Å². The summed E-state index contributed by atoms with van der Waals surface area (Å²) in [6.45, 7) is 0.0102. The Morgan fingerprint density at radius 2 is 1.50 bits per heavy atom. The van der Waals surface area contributed by atoms with Crippen LogP contribution >= 0.6 is 0 Å². The molecule has 0 aliphatic carbocycles. The van der Waals surface area contributed by atoms with Gasteiger partial charge in [0.25, 0.3) is 17.7 Å². The molecule has 0 saturated carbocycles. The minimum atomic E-state index is -0.741. The van der Waals surface area contributed by atoms with Crippen LogP contribution in [0, 0.1) is 0 Å². The number of rotatable bonds is 4. The van der Waals surface area contributed by atoms with Gasteiger partial charge < -0.3 is 11.1 Å². The van der Waals surface area contributed by atoms with Gasteiger partial charge in [-0.25, -0.2) is 4.79 Å². The molecule has 2 aromatic rings. The Kier molecular flexibility index (Phi) is 4.66. The van der Waals surface area contributed by atoms with Crippen molar-refractivity contribution in [2.75, 3.05) is 18.8 Å². The highest BCUT2D eigenvalue weighted by Crippen LogP contribution is 2.21. The number of fused-ring (bicyclic) bond motifs is 1. The van der Waals surface area contributed by atoms with Gasteiger partial charge >= 0.3 is 6.03 Å². The number of benzene rings is 2. The standard InChI is InChI=1S/C18H16N4O4/c19-14-8-4-3-7-13(14)15(23)21-18(26)20-9-10-22-16(24)11-5-1-2-6-12(11)17(22)25/h1-8H,9-10,19H2,(H2,20,21,23,26). The van der Waals surface area contributed by atoms with Gasteiger partial charge in [0.1, 0.15) is 0 Å². The fraction of sp³-hybridized carbons (Fsp3) is 0.111. The molecule has 0 aromatic heterocycles. The maximum absolute atomic E-state index is 12.2. The highest BCUT2D eigenvalue weighted by molar-refractivity contribution is 6.21. The van der Waals surface area contributed by atoms with Crippen molar-refractivity contribution >= 4 is 29.4 Å². The van der Waals surface area contributed by atoms with E-state index in [0.29, 0.717) is 11.1 Å². The van der Waals surface area contributed by atoms with E-state index in [9.17, 15) is 19.2 Å². The molecule has 0 bridgehead atoms. The van der Waals surface area contributed by atoms with E-state index < -0.39 is 23.8 Å². The van der Waals surface area contributed by atoms with Gasteiger partial charge in [0.05, 0.1) is 16.7 Å². The van der Waals surface area contributed by atoms with E-state index in [1.807, 2.05) is 0 Å². The van der Waals surface area contributed by atoms with Crippen LogP contribution in [0.3, 0.4) is 0 Å². The van der Waals surface area contributed by atoms with Crippen LogP contribution < -0.4 is 16.4 Å². The molecule has 8 heteroatoms. The number of amides is 5. The van der Waals surface area contributed by atoms with Crippen LogP contribution in [-0.2, 0) is 0 Å². The van der Waals surface area contributed by atoms with Crippen molar-refractivity contribution in [2.45, 2.75) is 0 Å². The van der Waals surface area contributed by atoms with Crippen LogP contribution in [0.2, 0.25) is 0 Å². The summed E-state index contributed by atoms with van der Waals surface area (Å²) in [5.41, 5.74) is 6.80. The lowest BCUT2D eigenvalue weighted by molar-refractivity contribution is 0.0654. The van der Waals surface area contributed by atoms with Crippen molar-refractivity contribution in [3.63, 3.8) is 0 Å². The number of para-hydroxylation sites is 1. The van der Waals surface area contributed by atoms with Gasteiger partial charge in [0.15, 0.2) is 0 Å². The second-order valence-electron chi connectivity index (χ2n) is 5.60. The molecule has 5 amide bonds. The SMILES string of the molecule is Nc1ccccc1C(=O)NC(=O)NCCN1C(=O)c2ccccc2C1=O. The number of imide groups is 2. The molecule has 0 unspecified atom stereocenters. The minimum absolute atomic E-state index is 0.00142. The van der Waals surface area contributed by atoms with Crippen molar-refractivity contribution in [1.82, 2.24) is 15.5 Å². The minimum Gasteiger partial charge on any atom is -0.398 e. The van der Waals surface area contributed by atoms with E-state index in [1.54, 1.807) is 42.5 Å². The molecule has 2 aromatic carbocycles. The average molecular weight is 352 g/mol. The van der Waals surface area contributed by atoms with E-state index in [2.05, 4.69) is 10.6 Å². The molecule has 1 aliphatic rings. The fourth-order valence-electron chi connectivity index (χ4n) is 2.64. The van der Waals surface area contributed by atoms with Crippen LogP contribution in [0.1, 0.15) is 31.1 Å². The summed E-state index contributed by atoms with van der Waals surface area (Å²) in [6.07, 6.45) is 0. The number of carbonyl (C=O) groups is 4. The number of nitrogens with one attached hydrogen (secondary N) is 2. The molecule has 8 nitrogen and oxygen atoms in total. The Balaban J connectivity index is 1.52. The van der Waals surface area contributed by atoms with Crippen molar-refractivity contribution in [1.29, 1.82) is 0 Å². The molecule has 1 aliphatic heterocycles. The molecule has 0 spiro atoms. The smallest absolute Gasteiger partial charge is 0.321 e. The van der Waals surface area contributed by atoms with Gasteiger partial charge in [-0.3, -0.25) is 24.6 Å². The highest BCUT2D eigenvalue weighted by Gasteiger charge is 2.34. The van der Waals surface area contributed by atoms with Crippen LogP contribution in [0.4, 0.5) is 10.5 Å². The molecule has 4 N–H and O–H groups in total. The predicted octanol–water partition coefficient (Wildman–Crippen LogP) is 1.00. The average Bonchev–Trinajstić information content (AvgIpc) is 2.87. The molecule has 3 rings (SSSR count). The Morgan fingerprint density at radius 3 is 2.12 bits per heavy atom. The molecular weight excluding hydrogens is 336 g/mol. The Labute approximate surface area is 149 Å². The molecule has 1 heterocycles. The van der Waals surface area contributed by atoms with Gasteiger partial charge in [0.2, 0.25) is 0 Å². The monoisotopic (exact) mass is 352 g/mol. The number of anilines is 1. The van der Waals surface area contributed by atoms with Crippen molar-refractivity contribution < 1.29 is 19.2 Å². The maximum atomic E-state index is 12.2. The third-order valence-electron chi connectivity index (χ3n) is 3.93. The van der Waals surface area contributed by atoms with Crippen LogP contribution in [-0.4, -0.2) is 41.7 Å². The van der Waals surface area contributed by atoms with Crippen molar-refractivity contribution in [3.8, 4) is 0 Å². The molecule has 132 valence electrons. The molecule has 0 atom stereocenters. The normalized spacial score (nSPS) is 12.7. The first-order chi connectivity index (χ1) is 12.5. The van der Waals surface area contributed by atoms with Gasteiger partial charge in [0, 0.05) is 18.8 Å². The van der Waals surface area contributed by atoms with E-state index in [4.69, 9.17) is 5.73 Å². The summed E-state index contributed by atoms with van der Waals surface area (Å²) in [5.74, 6) is -1.44. The van der Waals surface area contributed by atoms with Crippen LogP contribution in [0.5, 0.6) is 0 Å². The first kappa shape index (κ1) is 17.2. The zero-order valence-corrected chi connectivity index (χ0v) is 13.7. The molecule has 0 fully saturated rings. The van der Waals surface area contributed by atoms with Crippen molar-refractivity contribution in [3.05, 3.63) is 65.2 Å². The Hall–Kier alpha value is -3.68. The summed E-state index contributed by atoms with van der Waals surface area (Å²) in [7, 11) is 0. The van der Waals surface area contributed by atoms with Gasteiger partial charge in [-0.15, -0.1) is 0 Å². The fourth-order valence-corrected chi connectivity index (χ4v) is 2.64. The number of hydrogen-bond donors (Lipinski definition) is 3. The summed E-state index contributed by atoms with van der Waals surface area (Å²) >= 11 is 0. The summed E-state index contributed by atoms with van der Waals surface area (Å²) in [6, 6.07) is 12.1. The lowest BCUT2D eigenvalue weighted by Crippen LogP contribution is -2.44. The maximum Gasteiger partial charge on any atom is 0.321 e. The lowest BCUT2D eigenvalue weighted by atomic mass is 10.1. The molecule has 26 heavy (non-hydrogen) atoms. The second-order valence-corrected chi connectivity index (χ2v) is 5.60. The number of nitrogens with two attached hydrogens (primary N) is 1. The van der Waals surface area contributed by atoms with Crippen LogP contribution in [0.25, 0.3) is 0 Å². The first-order valence-electron chi connectivity index (χ1n) is 7.88. The van der Waals surface area contributed by atoms with E-state index in [0.717, 1.165) is 4.90 Å². The number of hydrogen-bond acceptors (Lipinski definition) is 5. The number of urea groups is 1. The number of nitrogens with zero attached hydrogens (tertiary/aromatic N) is 1. The number of nitrogen functional groups attached to an aromatic ring is 1. The van der Waals surface area contributed by atoms with Crippen molar-refractivity contribution in [2.24, 2.45) is 0 Å². The summed E-state index contributed by atoms with van der Waals surface area (Å²) in [4.78, 5) is 49.2. The second kappa shape index (κ2) is 7.06. The third kappa shape index (κ3) is 3.25. The number of carbonyl (C=O) groups excluding carboxylic acids is 4. The zero-order valence-electron chi connectivity index (χ0n) is 13.7.